The normalized spacial score (nSPS) is 13.4. The number of aliphatic hydroxyl groups excluding tert-OH is 2. The van der Waals surface area contributed by atoms with Crippen LogP contribution in [0.25, 0.3) is 0 Å². The van der Waals surface area contributed by atoms with E-state index in [0.717, 1.165) is 12.8 Å². The molecule has 0 aliphatic heterocycles. The smallest absolute Gasteiger partial charge is 0.394 e. The third kappa shape index (κ3) is 14.7. The van der Waals surface area contributed by atoms with E-state index in [1.54, 1.807) is 0 Å². The van der Waals surface area contributed by atoms with Crippen molar-refractivity contribution < 1.29 is 27.0 Å². The van der Waals surface area contributed by atoms with Crippen LogP contribution in [0.3, 0.4) is 0 Å². The molecule has 0 aromatic rings. The lowest BCUT2D eigenvalue weighted by atomic mass is 10.1. The van der Waals surface area contributed by atoms with Gasteiger partial charge in [0.1, 0.15) is 6.10 Å². The molecule has 1 atom stereocenters. The van der Waals surface area contributed by atoms with Crippen molar-refractivity contribution in [1.82, 2.24) is 0 Å². The molecular weight excluding hydrogens is 308 g/mol. The van der Waals surface area contributed by atoms with Crippen LogP contribution in [-0.4, -0.2) is 44.6 Å². The van der Waals surface area contributed by atoms with Gasteiger partial charge in [-0.05, 0) is 6.42 Å². The Labute approximate surface area is 135 Å². The monoisotopic (exact) mass is 340 g/mol. The van der Waals surface area contributed by atoms with Crippen molar-refractivity contribution in [3.8, 4) is 0 Å². The average Bonchev–Trinajstić information content (AvgIpc) is 2.50. The highest BCUT2D eigenvalue weighted by Gasteiger charge is 2.14. The van der Waals surface area contributed by atoms with Gasteiger partial charge in [-0.1, -0.05) is 64.7 Å². The maximum atomic E-state index is 11.3. The summed E-state index contributed by atoms with van der Waals surface area (Å²) in [6.07, 6.45) is 10.4. The predicted octanol–water partition coefficient (Wildman–Crippen LogP) is 2.54. The third-order valence-corrected chi connectivity index (χ3v) is 4.22. The molecule has 0 aliphatic carbocycles. The van der Waals surface area contributed by atoms with Crippen molar-refractivity contribution in [3.63, 3.8) is 0 Å². The summed E-state index contributed by atoms with van der Waals surface area (Å²) in [5, 5.41) is 17.5. The highest BCUT2D eigenvalue weighted by molar-refractivity contribution is 7.81. The summed E-state index contributed by atoms with van der Waals surface area (Å²) in [5.41, 5.74) is 0. The van der Waals surface area contributed by atoms with E-state index in [9.17, 15) is 8.42 Å². The Morgan fingerprint density at radius 2 is 1.36 bits per heavy atom. The zero-order valence-electron chi connectivity index (χ0n) is 13.7. The molecule has 1 unspecified atom stereocenters. The van der Waals surface area contributed by atoms with Gasteiger partial charge in [-0.2, -0.15) is 8.42 Å². The first-order chi connectivity index (χ1) is 10.5. The summed E-state index contributed by atoms with van der Waals surface area (Å²) in [6, 6.07) is 0. The summed E-state index contributed by atoms with van der Waals surface area (Å²) in [4.78, 5) is 0. The van der Waals surface area contributed by atoms with E-state index in [4.69, 9.17) is 10.2 Å². The number of rotatable bonds is 16. The summed E-state index contributed by atoms with van der Waals surface area (Å²) in [7, 11) is -4.07. The highest BCUT2D eigenvalue weighted by Crippen LogP contribution is 2.11. The van der Waals surface area contributed by atoms with Gasteiger partial charge in [-0.25, -0.2) is 8.37 Å². The molecule has 0 amide bonds. The second-order valence-electron chi connectivity index (χ2n) is 5.53. The molecule has 134 valence electrons. The average molecular weight is 340 g/mol. The molecule has 0 heterocycles. The Bertz CT molecular complexity index is 331. The van der Waals surface area contributed by atoms with E-state index < -0.39 is 29.7 Å². The minimum Gasteiger partial charge on any atom is -0.394 e. The third-order valence-electron chi connectivity index (χ3n) is 3.34. The number of unbranched alkanes of at least 4 members (excludes halogenated alkanes) is 9. The molecule has 0 aromatic heterocycles. The lowest BCUT2D eigenvalue weighted by Crippen LogP contribution is -2.23. The van der Waals surface area contributed by atoms with Gasteiger partial charge in [0.05, 0.1) is 19.8 Å². The zero-order valence-corrected chi connectivity index (χ0v) is 14.5. The van der Waals surface area contributed by atoms with Crippen molar-refractivity contribution in [2.24, 2.45) is 0 Å². The Hall–Kier alpha value is -0.210. The van der Waals surface area contributed by atoms with E-state index in [0.29, 0.717) is 6.42 Å². The van der Waals surface area contributed by atoms with Crippen LogP contribution >= 0.6 is 0 Å². The quantitative estimate of drug-likeness (QED) is 0.419. The second-order valence-corrected chi connectivity index (χ2v) is 6.82. The van der Waals surface area contributed by atoms with Crippen molar-refractivity contribution in [2.45, 2.75) is 77.2 Å². The molecule has 6 nitrogen and oxygen atoms in total. The standard InChI is InChI=1S/C15H32O6S/c1-2-3-4-5-6-7-8-9-10-11-12-20-22(18,19)21-14-15(17)13-16/h15-17H,2-14H2,1H3. The number of aliphatic hydroxyl groups is 2. The van der Waals surface area contributed by atoms with Gasteiger partial charge in [0, 0.05) is 0 Å². The lowest BCUT2D eigenvalue weighted by Gasteiger charge is -2.08. The fraction of sp³-hybridized carbons (Fsp3) is 1.00. The van der Waals surface area contributed by atoms with Crippen LogP contribution in [0.5, 0.6) is 0 Å². The van der Waals surface area contributed by atoms with Gasteiger partial charge < -0.3 is 10.2 Å². The van der Waals surface area contributed by atoms with Crippen LogP contribution < -0.4 is 0 Å². The van der Waals surface area contributed by atoms with E-state index in [-0.39, 0.29) is 6.61 Å². The lowest BCUT2D eigenvalue weighted by molar-refractivity contribution is 0.0487. The fourth-order valence-corrected chi connectivity index (χ4v) is 2.71. The van der Waals surface area contributed by atoms with Crippen LogP contribution in [0.2, 0.25) is 0 Å². The van der Waals surface area contributed by atoms with E-state index in [1.165, 1.54) is 44.9 Å². The van der Waals surface area contributed by atoms with Gasteiger partial charge >= 0.3 is 10.4 Å². The van der Waals surface area contributed by atoms with Gasteiger partial charge in [0.2, 0.25) is 0 Å². The zero-order chi connectivity index (χ0) is 16.7. The first-order valence-corrected chi connectivity index (χ1v) is 9.68. The first kappa shape index (κ1) is 21.8. The SMILES string of the molecule is CCCCCCCCCCCCOS(=O)(=O)OCC(O)CO. The molecule has 0 saturated heterocycles. The first-order valence-electron chi connectivity index (χ1n) is 8.34. The number of hydrogen-bond acceptors (Lipinski definition) is 6. The van der Waals surface area contributed by atoms with Gasteiger partial charge in [0.15, 0.2) is 0 Å². The van der Waals surface area contributed by atoms with Gasteiger partial charge in [-0.3, -0.25) is 0 Å². The van der Waals surface area contributed by atoms with Crippen molar-refractivity contribution >= 4 is 10.4 Å². The Balaban J connectivity index is 3.38. The highest BCUT2D eigenvalue weighted by atomic mass is 32.3. The maximum absolute atomic E-state index is 11.3. The Kier molecular flexibility index (Phi) is 14.2. The van der Waals surface area contributed by atoms with Crippen molar-refractivity contribution in [2.75, 3.05) is 19.8 Å². The fourth-order valence-electron chi connectivity index (χ4n) is 2.00. The van der Waals surface area contributed by atoms with E-state index >= 15 is 0 Å². The molecule has 0 rings (SSSR count). The summed E-state index contributed by atoms with van der Waals surface area (Å²) in [5.74, 6) is 0. The molecule has 2 N–H and O–H groups in total. The molecule has 22 heavy (non-hydrogen) atoms. The second kappa shape index (κ2) is 14.4. The number of hydrogen-bond donors (Lipinski definition) is 2. The minimum absolute atomic E-state index is 0.0913. The minimum atomic E-state index is -4.07. The van der Waals surface area contributed by atoms with E-state index in [2.05, 4.69) is 15.3 Å². The van der Waals surface area contributed by atoms with E-state index in [1.807, 2.05) is 0 Å². The summed E-state index contributed by atoms with van der Waals surface area (Å²) >= 11 is 0. The molecule has 0 radical (unpaired) electrons. The Morgan fingerprint density at radius 1 is 0.864 bits per heavy atom. The van der Waals surface area contributed by atoms with Crippen molar-refractivity contribution in [3.05, 3.63) is 0 Å². The molecule has 0 spiro atoms. The van der Waals surface area contributed by atoms with Gasteiger partial charge in [-0.15, -0.1) is 0 Å². The summed E-state index contributed by atoms with van der Waals surface area (Å²) < 4.78 is 31.6. The maximum Gasteiger partial charge on any atom is 0.399 e. The van der Waals surface area contributed by atoms with Crippen LogP contribution in [0, 0.1) is 0 Å². The molecule has 0 fully saturated rings. The van der Waals surface area contributed by atoms with Crippen LogP contribution in [0.1, 0.15) is 71.1 Å². The van der Waals surface area contributed by atoms with Crippen LogP contribution in [0.15, 0.2) is 0 Å². The van der Waals surface area contributed by atoms with Crippen LogP contribution in [0.4, 0.5) is 0 Å². The molecule has 0 aromatic carbocycles. The van der Waals surface area contributed by atoms with Crippen molar-refractivity contribution in [1.29, 1.82) is 0 Å². The molecular formula is C15H32O6S. The van der Waals surface area contributed by atoms with Crippen LogP contribution in [-0.2, 0) is 18.8 Å². The molecule has 0 bridgehead atoms. The molecule has 0 saturated carbocycles. The Morgan fingerprint density at radius 3 is 1.86 bits per heavy atom. The largest absolute Gasteiger partial charge is 0.399 e. The van der Waals surface area contributed by atoms with Gasteiger partial charge in [0.25, 0.3) is 0 Å². The molecule has 7 heteroatoms. The topological polar surface area (TPSA) is 93.1 Å². The molecule has 0 aliphatic rings. The predicted molar refractivity (Wildman–Crippen MR) is 85.8 cm³/mol. The summed E-state index contributed by atoms with van der Waals surface area (Å²) in [6.45, 7) is 1.26.